The molecule has 1 unspecified atom stereocenters. The summed E-state index contributed by atoms with van der Waals surface area (Å²) in [5.41, 5.74) is 4.22. The fourth-order valence-electron chi connectivity index (χ4n) is 3.15. The number of carbonyl (C=O) groups excluding carboxylic acids is 1. The van der Waals surface area contributed by atoms with Crippen LogP contribution in [0.5, 0.6) is 0 Å². The van der Waals surface area contributed by atoms with E-state index in [-0.39, 0.29) is 0 Å². The molecule has 102 valence electrons. The molecule has 4 rings (SSSR count). The van der Waals surface area contributed by atoms with Crippen molar-refractivity contribution in [2.45, 2.75) is 30.9 Å². The van der Waals surface area contributed by atoms with Crippen molar-refractivity contribution in [2.24, 2.45) is 0 Å². The smallest absolute Gasteiger partial charge is 0.173 e. The molecule has 1 nitrogen and oxygen atoms in total. The third-order valence-electron chi connectivity index (χ3n) is 4.30. The minimum absolute atomic E-state index is 0.342. The average molecular weight is 300 g/mol. The standard InChI is InChI=1S/C17H16OS2/c18-15(8-12-7-11-3-1-2-4-14(11)12)17-9-13-10-19-6-5-16(13)20-17/h1-4,9,12H,5-8,10H2. The molecular weight excluding hydrogens is 284 g/mol. The molecule has 1 aliphatic carbocycles. The minimum atomic E-state index is 0.342. The van der Waals surface area contributed by atoms with Crippen LogP contribution in [-0.2, 0) is 18.6 Å². The highest BCUT2D eigenvalue weighted by molar-refractivity contribution is 7.98. The minimum Gasteiger partial charge on any atom is -0.293 e. The number of thiophene rings is 1. The number of hydrogen-bond acceptors (Lipinski definition) is 3. The summed E-state index contributed by atoms with van der Waals surface area (Å²) in [6.07, 6.45) is 2.90. The van der Waals surface area contributed by atoms with E-state index in [1.165, 1.54) is 27.3 Å². The van der Waals surface area contributed by atoms with Crippen LogP contribution in [0.3, 0.4) is 0 Å². The molecule has 0 N–H and O–H groups in total. The van der Waals surface area contributed by atoms with Gasteiger partial charge in [-0.25, -0.2) is 0 Å². The largest absolute Gasteiger partial charge is 0.293 e. The van der Waals surface area contributed by atoms with Gasteiger partial charge in [0.2, 0.25) is 0 Å². The van der Waals surface area contributed by atoms with Gasteiger partial charge in [0.15, 0.2) is 5.78 Å². The Balaban J connectivity index is 1.50. The third kappa shape index (κ3) is 2.13. The zero-order chi connectivity index (χ0) is 13.5. The van der Waals surface area contributed by atoms with Gasteiger partial charge in [0.1, 0.15) is 0 Å². The summed E-state index contributed by atoms with van der Waals surface area (Å²) in [6.45, 7) is 0. The van der Waals surface area contributed by atoms with E-state index in [4.69, 9.17) is 0 Å². The van der Waals surface area contributed by atoms with Crippen LogP contribution < -0.4 is 0 Å². The number of ketones is 1. The predicted octanol–water partition coefficient (Wildman–Crippen LogP) is 4.45. The van der Waals surface area contributed by atoms with E-state index in [0.717, 1.165) is 23.5 Å². The average Bonchev–Trinajstić information content (AvgIpc) is 2.88. The molecular formula is C17H16OS2. The first-order valence-corrected chi connectivity index (χ1v) is 9.09. The normalized spacial score (nSPS) is 19.9. The fourth-order valence-corrected chi connectivity index (χ4v) is 5.47. The van der Waals surface area contributed by atoms with Crippen molar-refractivity contribution in [1.82, 2.24) is 0 Å². The molecule has 1 aromatic heterocycles. The molecule has 0 saturated carbocycles. The topological polar surface area (TPSA) is 17.1 Å². The summed E-state index contributed by atoms with van der Waals surface area (Å²) in [5.74, 6) is 3.09. The monoisotopic (exact) mass is 300 g/mol. The van der Waals surface area contributed by atoms with Crippen LogP contribution in [0.1, 0.15) is 43.6 Å². The molecule has 1 atom stereocenters. The third-order valence-corrected chi connectivity index (χ3v) is 6.58. The van der Waals surface area contributed by atoms with E-state index in [2.05, 4.69) is 30.3 Å². The molecule has 0 fully saturated rings. The van der Waals surface area contributed by atoms with Gasteiger partial charge in [-0.05, 0) is 47.3 Å². The van der Waals surface area contributed by atoms with Crippen molar-refractivity contribution in [3.63, 3.8) is 0 Å². The molecule has 2 aromatic rings. The van der Waals surface area contributed by atoms with E-state index >= 15 is 0 Å². The van der Waals surface area contributed by atoms with Crippen LogP contribution in [0.4, 0.5) is 0 Å². The zero-order valence-corrected chi connectivity index (χ0v) is 12.9. The molecule has 0 bridgehead atoms. The number of carbonyl (C=O) groups is 1. The van der Waals surface area contributed by atoms with Crippen molar-refractivity contribution < 1.29 is 4.79 Å². The Kier molecular flexibility index (Phi) is 3.20. The number of rotatable bonds is 3. The highest BCUT2D eigenvalue weighted by Crippen LogP contribution is 2.39. The number of fused-ring (bicyclic) bond motifs is 2. The molecule has 0 radical (unpaired) electrons. The maximum Gasteiger partial charge on any atom is 0.173 e. The summed E-state index contributed by atoms with van der Waals surface area (Å²) in [7, 11) is 0. The Morgan fingerprint density at radius 3 is 3.00 bits per heavy atom. The van der Waals surface area contributed by atoms with Gasteiger partial charge in [0.05, 0.1) is 4.88 Å². The summed E-state index contributed by atoms with van der Waals surface area (Å²) >= 11 is 3.72. The summed E-state index contributed by atoms with van der Waals surface area (Å²) < 4.78 is 0. The summed E-state index contributed by atoms with van der Waals surface area (Å²) in [5, 5.41) is 0. The first-order valence-electron chi connectivity index (χ1n) is 7.11. The number of thioether (sulfide) groups is 1. The quantitative estimate of drug-likeness (QED) is 0.779. The number of Topliss-reactive ketones (excluding diaryl/α,β-unsaturated/α-hetero) is 1. The lowest BCUT2D eigenvalue weighted by Gasteiger charge is -2.29. The Labute approximate surface area is 127 Å². The molecule has 1 aromatic carbocycles. The lowest BCUT2D eigenvalue weighted by Crippen LogP contribution is -2.19. The fraction of sp³-hybridized carbons (Fsp3) is 0.353. The van der Waals surface area contributed by atoms with E-state index in [1.54, 1.807) is 11.3 Å². The van der Waals surface area contributed by atoms with Crippen molar-refractivity contribution in [3.8, 4) is 0 Å². The lowest BCUT2D eigenvalue weighted by atomic mass is 9.75. The lowest BCUT2D eigenvalue weighted by molar-refractivity contribution is 0.0974. The van der Waals surface area contributed by atoms with Gasteiger partial charge in [0.25, 0.3) is 0 Å². The molecule has 0 saturated heterocycles. The Morgan fingerprint density at radius 2 is 2.15 bits per heavy atom. The van der Waals surface area contributed by atoms with Gasteiger partial charge in [-0.3, -0.25) is 4.79 Å². The van der Waals surface area contributed by atoms with Crippen molar-refractivity contribution >= 4 is 28.9 Å². The van der Waals surface area contributed by atoms with Crippen molar-refractivity contribution in [1.29, 1.82) is 0 Å². The Morgan fingerprint density at radius 1 is 1.25 bits per heavy atom. The molecule has 0 amide bonds. The van der Waals surface area contributed by atoms with Gasteiger partial charge in [-0.2, -0.15) is 11.8 Å². The van der Waals surface area contributed by atoms with Gasteiger partial charge < -0.3 is 0 Å². The molecule has 20 heavy (non-hydrogen) atoms. The molecule has 3 heteroatoms. The van der Waals surface area contributed by atoms with E-state index in [1.807, 2.05) is 11.8 Å². The van der Waals surface area contributed by atoms with E-state index in [9.17, 15) is 4.79 Å². The number of hydrogen-bond donors (Lipinski definition) is 0. The van der Waals surface area contributed by atoms with Crippen LogP contribution in [-0.4, -0.2) is 11.5 Å². The van der Waals surface area contributed by atoms with Gasteiger partial charge in [0, 0.05) is 17.1 Å². The first kappa shape index (κ1) is 12.7. The summed E-state index contributed by atoms with van der Waals surface area (Å²) in [4.78, 5) is 14.9. The predicted molar refractivity (Wildman–Crippen MR) is 86.0 cm³/mol. The molecule has 2 aliphatic rings. The molecule has 0 spiro atoms. The van der Waals surface area contributed by atoms with Crippen LogP contribution in [0.2, 0.25) is 0 Å². The van der Waals surface area contributed by atoms with Crippen LogP contribution in [0, 0.1) is 0 Å². The molecule has 2 heterocycles. The Hall–Kier alpha value is -1.06. The number of aryl methyl sites for hydroxylation is 1. The molecule has 1 aliphatic heterocycles. The van der Waals surface area contributed by atoms with E-state index in [0.29, 0.717) is 18.1 Å². The second-order valence-electron chi connectivity index (χ2n) is 5.59. The van der Waals surface area contributed by atoms with Crippen LogP contribution in [0.25, 0.3) is 0 Å². The van der Waals surface area contributed by atoms with Crippen molar-refractivity contribution in [2.75, 3.05) is 5.75 Å². The van der Waals surface area contributed by atoms with Crippen LogP contribution in [0.15, 0.2) is 30.3 Å². The second kappa shape index (κ2) is 5.05. The highest BCUT2D eigenvalue weighted by atomic mass is 32.2. The second-order valence-corrected chi connectivity index (χ2v) is 7.83. The van der Waals surface area contributed by atoms with Gasteiger partial charge in [-0.1, -0.05) is 24.3 Å². The van der Waals surface area contributed by atoms with Crippen LogP contribution >= 0.6 is 23.1 Å². The maximum absolute atomic E-state index is 12.5. The summed E-state index contributed by atoms with van der Waals surface area (Å²) in [6, 6.07) is 10.7. The Bertz CT molecular complexity index is 648. The highest BCUT2D eigenvalue weighted by Gasteiger charge is 2.28. The van der Waals surface area contributed by atoms with Gasteiger partial charge in [-0.15, -0.1) is 11.3 Å². The number of benzene rings is 1. The van der Waals surface area contributed by atoms with E-state index < -0.39 is 0 Å². The van der Waals surface area contributed by atoms with Crippen molar-refractivity contribution in [3.05, 3.63) is 56.8 Å². The van der Waals surface area contributed by atoms with Gasteiger partial charge >= 0.3 is 0 Å². The first-order chi connectivity index (χ1) is 9.81. The SMILES string of the molecule is O=C(CC1Cc2ccccc21)c1cc2c(s1)CCSC2. The zero-order valence-electron chi connectivity index (χ0n) is 11.2. The maximum atomic E-state index is 12.5.